The zero-order chi connectivity index (χ0) is 15.9. The summed E-state index contributed by atoms with van der Waals surface area (Å²) in [5.74, 6) is 0.489. The second-order valence-electron chi connectivity index (χ2n) is 5.46. The van der Waals surface area contributed by atoms with E-state index in [4.69, 9.17) is 10.5 Å². The smallest absolute Gasteiger partial charge is 0.244 e. The molecule has 3 N–H and O–H groups in total. The van der Waals surface area contributed by atoms with Crippen molar-refractivity contribution >= 4 is 15.9 Å². The van der Waals surface area contributed by atoms with Crippen molar-refractivity contribution in [1.29, 1.82) is 5.26 Å². The van der Waals surface area contributed by atoms with Crippen molar-refractivity contribution in [3.8, 4) is 11.9 Å². The molecule has 0 unspecified atom stereocenters. The number of nitriles is 1. The fourth-order valence-electron chi connectivity index (χ4n) is 2.73. The van der Waals surface area contributed by atoms with Gasteiger partial charge in [0.1, 0.15) is 11.6 Å². The van der Waals surface area contributed by atoms with Crippen molar-refractivity contribution in [1.82, 2.24) is 10.2 Å². The van der Waals surface area contributed by atoms with E-state index >= 15 is 0 Å². The third-order valence-corrected chi connectivity index (χ3v) is 4.48. The molecule has 22 heavy (non-hydrogen) atoms. The van der Waals surface area contributed by atoms with Crippen LogP contribution in [-0.4, -0.2) is 10.2 Å². The molecule has 3 rings (SSSR count). The molecule has 0 saturated carbocycles. The van der Waals surface area contributed by atoms with E-state index in [1.807, 2.05) is 24.3 Å². The molecule has 1 aromatic heterocycles. The maximum Gasteiger partial charge on any atom is 0.244 e. The van der Waals surface area contributed by atoms with Crippen molar-refractivity contribution in [3.63, 3.8) is 0 Å². The number of hydrogen-bond acceptors (Lipinski definition) is 4. The Morgan fingerprint density at radius 2 is 2.14 bits per heavy atom. The monoisotopic (exact) mass is 358 g/mol. The van der Waals surface area contributed by atoms with Crippen molar-refractivity contribution < 1.29 is 4.74 Å². The Kier molecular flexibility index (Phi) is 3.67. The third-order valence-electron chi connectivity index (χ3n) is 3.76. The number of H-pyrrole nitrogens is 1. The van der Waals surface area contributed by atoms with Crippen LogP contribution in [0.4, 0.5) is 0 Å². The number of nitrogens with two attached hydrogens (primary N) is 1. The van der Waals surface area contributed by atoms with Crippen LogP contribution < -0.4 is 10.5 Å². The van der Waals surface area contributed by atoms with Gasteiger partial charge >= 0.3 is 0 Å². The van der Waals surface area contributed by atoms with Crippen LogP contribution in [0.3, 0.4) is 0 Å². The number of benzene rings is 1. The number of halogens is 1. The standard InChI is InChI=1S/C16H15BrN4O/c1-8(2)14-13-12(9-5-3-4-6-11(9)17)10(7-18)15(19)22-16(13)21-20-14/h3-6,8,12H,19H2,1-2H3,(H,20,21)/t12-/m0/s1. The topological polar surface area (TPSA) is 87.7 Å². The Labute approximate surface area is 136 Å². The molecule has 0 radical (unpaired) electrons. The van der Waals surface area contributed by atoms with Gasteiger partial charge in [-0.05, 0) is 17.5 Å². The van der Waals surface area contributed by atoms with E-state index in [2.05, 4.69) is 46.0 Å². The van der Waals surface area contributed by atoms with Crippen LogP contribution >= 0.6 is 15.9 Å². The number of hydrogen-bond donors (Lipinski definition) is 2. The number of aromatic amines is 1. The molecule has 2 heterocycles. The maximum atomic E-state index is 9.56. The van der Waals surface area contributed by atoms with E-state index in [0.29, 0.717) is 11.5 Å². The molecule has 5 nitrogen and oxygen atoms in total. The van der Waals surface area contributed by atoms with Crippen LogP contribution in [0.1, 0.15) is 42.5 Å². The number of fused-ring (bicyclic) bond motifs is 1. The first-order valence-electron chi connectivity index (χ1n) is 6.94. The molecule has 1 aromatic carbocycles. The highest BCUT2D eigenvalue weighted by Crippen LogP contribution is 2.45. The first-order chi connectivity index (χ1) is 10.5. The molecular weight excluding hydrogens is 344 g/mol. The Bertz CT molecular complexity index is 801. The number of allylic oxidation sites excluding steroid dienone is 1. The molecule has 6 heteroatoms. The summed E-state index contributed by atoms with van der Waals surface area (Å²) in [6.45, 7) is 4.14. The molecule has 1 aliphatic heterocycles. The van der Waals surface area contributed by atoms with Gasteiger partial charge in [0.15, 0.2) is 0 Å². The lowest BCUT2D eigenvalue weighted by atomic mass is 9.82. The van der Waals surface area contributed by atoms with Crippen molar-refractivity contribution in [2.45, 2.75) is 25.7 Å². The van der Waals surface area contributed by atoms with Gasteiger partial charge in [-0.15, -0.1) is 5.10 Å². The summed E-state index contributed by atoms with van der Waals surface area (Å²) in [5, 5.41) is 16.8. The van der Waals surface area contributed by atoms with Crippen LogP contribution in [0.15, 0.2) is 40.2 Å². The van der Waals surface area contributed by atoms with Crippen LogP contribution in [0.25, 0.3) is 0 Å². The predicted octanol–water partition coefficient (Wildman–Crippen LogP) is 3.51. The number of nitrogens with zero attached hydrogens (tertiary/aromatic N) is 2. The van der Waals surface area contributed by atoms with Gasteiger partial charge in [0.05, 0.1) is 11.5 Å². The first kappa shape index (κ1) is 14.7. The van der Waals surface area contributed by atoms with Crippen LogP contribution in [0.5, 0.6) is 5.88 Å². The van der Waals surface area contributed by atoms with E-state index in [-0.39, 0.29) is 17.7 Å². The summed E-state index contributed by atoms with van der Waals surface area (Å²) in [7, 11) is 0. The number of rotatable bonds is 2. The average molecular weight is 359 g/mol. The number of ether oxygens (including phenoxy) is 1. The van der Waals surface area contributed by atoms with E-state index in [1.165, 1.54) is 0 Å². The second kappa shape index (κ2) is 5.50. The zero-order valence-electron chi connectivity index (χ0n) is 12.2. The average Bonchev–Trinajstić information content (AvgIpc) is 2.90. The highest BCUT2D eigenvalue weighted by atomic mass is 79.9. The van der Waals surface area contributed by atoms with E-state index in [0.717, 1.165) is 21.3 Å². The van der Waals surface area contributed by atoms with E-state index in [9.17, 15) is 5.26 Å². The van der Waals surface area contributed by atoms with Gasteiger partial charge in [0.2, 0.25) is 11.8 Å². The van der Waals surface area contributed by atoms with Gasteiger partial charge in [-0.1, -0.05) is 48.0 Å². The van der Waals surface area contributed by atoms with E-state index in [1.54, 1.807) is 0 Å². The molecule has 1 atom stereocenters. The SMILES string of the molecule is CC(C)c1[nH]nc2c1[C@@H](c1ccccc1Br)C(C#N)=C(N)O2. The van der Waals surface area contributed by atoms with Gasteiger partial charge in [0, 0.05) is 10.2 Å². The molecule has 0 spiro atoms. The van der Waals surface area contributed by atoms with Gasteiger partial charge in [-0.3, -0.25) is 5.10 Å². The minimum Gasteiger partial charge on any atom is -0.420 e. The second-order valence-corrected chi connectivity index (χ2v) is 6.31. The minimum absolute atomic E-state index is 0.109. The maximum absolute atomic E-state index is 9.56. The molecule has 0 fully saturated rings. The third kappa shape index (κ3) is 2.18. The molecular formula is C16H15BrN4O. The zero-order valence-corrected chi connectivity index (χ0v) is 13.8. The first-order valence-corrected chi connectivity index (χ1v) is 7.74. The van der Waals surface area contributed by atoms with Gasteiger partial charge in [-0.25, -0.2) is 0 Å². The fraction of sp³-hybridized carbons (Fsp3) is 0.250. The molecule has 2 aromatic rings. The van der Waals surface area contributed by atoms with Gasteiger partial charge < -0.3 is 10.5 Å². The molecule has 0 bridgehead atoms. The lowest BCUT2D eigenvalue weighted by Gasteiger charge is -2.25. The number of aromatic nitrogens is 2. The summed E-state index contributed by atoms with van der Waals surface area (Å²) < 4.78 is 6.46. The predicted molar refractivity (Wildman–Crippen MR) is 86.1 cm³/mol. The quantitative estimate of drug-likeness (QED) is 0.859. The highest BCUT2D eigenvalue weighted by Gasteiger charge is 2.36. The minimum atomic E-state index is -0.291. The molecule has 0 amide bonds. The van der Waals surface area contributed by atoms with Crippen LogP contribution in [0.2, 0.25) is 0 Å². The summed E-state index contributed by atoms with van der Waals surface area (Å²) in [6.07, 6.45) is 0. The van der Waals surface area contributed by atoms with Crippen LogP contribution in [0, 0.1) is 11.3 Å². The summed E-state index contributed by atoms with van der Waals surface area (Å²) >= 11 is 3.57. The molecule has 0 saturated heterocycles. The Morgan fingerprint density at radius 3 is 2.77 bits per heavy atom. The summed E-state index contributed by atoms with van der Waals surface area (Å²) in [4.78, 5) is 0. The lowest BCUT2D eigenvalue weighted by molar-refractivity contribution is 0.378. The van der Waals surface area contributed by atoms with Gasteiger partial charge in [0.25, 0.3) is 0 Å². The molecule has 0 aliphatic carbocycles. The van der Waals surface area contributed by atoms with Crippen molar-refractivity contribution in [2.24, 2.45) is 5.73 Å². The fourth-order valence-corrected chi connectivity index (χ4v) is 3.24. The largest absolute Gasteiger partial charge is 0.420 e. The molecule has 1 aliphatic rings. The Balaban J connectivity index is 2.29. The Morgan fingerprint density at radius 1 is 1.41 bits per heavy atom. The molecule has 112 valence electrons. The lowest BCUT2D eigenvalue weighted by Crippen LogP contribution is -2.21. The van der Waals surface area contributed by atoms with Gasteiger partial charge in [-0.2, -0.15) is 5.26 Å². The number of nitrogens with one attached hydrogen (secondary N) is 1. The van der Waals surface area contributed by atoms with E-state index < -0.39 is 0 Å². The Hall–Kier alpha value is -2.26. The van der Waals surface area contributed by atoms with Crippen molar-refractivity contribution in [2.75, 3.05) is 0 Å². The normalized spacial score (nSPS) is 17.1. The van der Waals surface area contributed by atoms with Crippen LogP contribution in [-0.2, 0) is 0 Å². The van der Waals surface area contributed by atoms with Crippen molar-refractivity contribution in [3.05, 3.63) is 57.0 Å². The summed E-state index contributed by atoms with van der Waals surface area (Å²) in [6, 6.07) is 10.00. The highest BCUT2D eigenvalue weighted by molar-refractivity contribution is 9.10. The summed E-state index contributed by atoms with van der Waals surface area (Å²) in [5.41, 5.74) is 9.14.